The predicted octanol–water partition coefficient (Wildman–Crippen LogP) is 5.61. The fourth-order valence-corrected chi connectivity index (χ4v) is 3.34. The van der Waals surface area contributed by atoms with E-state index >= 15 is 0 Å². The Labute approximate surface area is 168 Å². The number of halogens is 1. The molecule has 0 spiro atoms. The summed E-state index contributed by atoms with van der Waals surface area (Å²) in [5.74, 6) is 1.42. The third-order valence-corrected chi connectivity index (χ3v) is 4.85. The molecular weight excluding hydrogens is 374 g/mol. The van der Waals surface area contributed by atoms with Crippen molar-refractivity contribution in [3.8, 4) is 17.0 Å². The van der Waals surface area contributed by atoms with E-state index in [-0.39, 0.29) is 0 Å². The largest absolute Gasteiger partial charge is 0.417 e. The Bertz CT molecular complexity index is 970. The van der Waals surface area contributed by atoms with E-state index in [0.29, 0.717) is 16.5 Å². The molecule has 1 fully saturated rings. The van der Waals surface area contributed by atoms with Crippen molar-refractivity contribution >= 4 is 29.2 Å². The first-order valence-corrected chi connectivity index (χ1v) is 9.62. The van der Waals surface area contributed by atoms with Gasteiger partial charge in [0.1, 0.15) is 11.6 Å². The summed E-state index contributed by atoms with van der Waals surface area (Å²) < 4.78 is 5.27. The third-order valence-electron chi connectivity index (χ3n) is 4.59. The van der Waals surface area contributed by atoms with Crippen LogP contribution in [0.15, 0.2) is 66.7 Å². The van der Waals surface area contributed by atoms with Crippen molar-refractivity contribution in [2.75, 3.05) is 23.3 Å². The Kier molecular flexibility index (Phi) is 5.44. The fraction of sp³-hybridized carbons (Fsp3) is 0.182. The molecule has 4 rings (SSSR count). The van der Waals surface area contributed by atoms with Crippen LogP contribution in [0.3, 0.4) is 0 Å². The highest BCUT2D eigenvalue weighted by atomic mass is 35.5. The molecule has 5 nitrogen and oxygen atoms in total. The maximum Gasteiger partial charge on any atom is 0.417 e. The number of carbonyl (C=O) groups excluding carboxylic acids is 1. The number of nitrogens with zero attached hydrogens (tertiary/aromatic N) is 2. The van der Waals surface area contributed by atoms with Crippen molar-refractivity contribution in [2.45, 2.75) is 12.8 Å². The van der Waals surface area contributed by atoms with Gasteiger partial charge in [-0.25, -0.2) is 9.78 Å². The number of hydrogen-bond donors (Lipinski definition) is 1. The van der Waals surface area contributed by atoms with E-state index < -0.39 is 6.09 Å². The van der Waals surface area contributed by atoms with Crippen LogP contribution in [0.5, 0.6) is 5.75 Å². The molecule has 1 aromatic heterocycles. The number of anilines is 2. The summed E-state index contributed by atoms with van der Waals surface area (Å²) in [5.41, 5.74) is 2.45. The van der Waals surface area contributed by atoms with Gasteiger partial charge in [0.25, 0.3) is 0 Å². The minimum atomic E-state index is -0.557. The Morgan fingerprint density at radius 3 is 2.54 bits per heavy atom. The summed E-state index contributed by atoms with van der Waals surface area (Å²) >= 11 is 5.84. The Balaban J connectivity index is 1.47. The molecule has 0 unspecified atom stereocenters. The highest BCUT2D eigenvalue weighted by Crippen LogP contribution is 2.25. The molecule has 3 aromatic rings. The van der Waals surface area contributed by atoms with Crippen LogP contribution >= 0.6 is 11.6 Å². The lowest BCUT2D eigenvalue weighted by Crippen LogP contribution is -2.18. The summed E-state index contributed by atoms with van der Waals surface area (Å²) in [5, 5.41) is 3.34. The van der Waals surface area contributed by atoms with Crippen molar-refractivity contribution in [3.63, 3.8) is 0 Å². The zero-order valence-electron chi connectivity index (χ0n) is 15.3. The topological polar surface area (TPSA) is 54.5 Å². The molecule has 28 heavy (non-hydrogen) atoms. The quantitative estimate of drug-likeness (QED) is 0.625. The molecule has 2 heterocycles. The normalized spacial score (nSPS) is 13.4. The first-order valence-electron chi connectivity index (χ1n) is 9.24. The van der Waals surface area contributed by atoms with Crippen molar-refractivity contribution in [1.82, 2.24) is 4.98 Å². The monoisotopic (exact) mass is 393 g/mol. The lowest BCUT2D eigenvalue weighted by Gasteiger charge is -2.17. The van der Waals surface area contributed by atoms with Gasteiger partial charge in [-0.2, -0.15) is 0 Å². The fourth-order valence-electron chi connectivity index (χ4n) is 3.22. The summed E-state index contributed by atoms with van der Waals surface area (Å²) in [7, 11) is 0. The molecule has 0 saturated carbocycles. The van der Waals surface area contributed by atoms with Gasteiger partial charge >= 0.3 is 6.09 Å². The van der Waals surface area contributed by atoms with E-state index in [4.69, 9.17) is 21.3 Å². The van der Waals surface area contributed by atoms with E-state index in [0.717, 1.165) is 30.2 Å². The number of aromatic nitrogens is 1. The van der Waals surface area contributed by atoms with Crippen LogP contribution in [0.2, 0.25) is 5.02 Å². The lowest BCUT2D eigenvalue weighted by molar-refractivity contribution is 0.215. The highest BCUT2D eigenvalue weighted by Gasteiger charge is 2.14. The zero-order valence-corrected chi connectivity index (χ0v) is 16.0. The Hall–Kier alpha value is -3.05. The van der Waals surface area contributed by atoms with Crippen LogP contribution in [-0.4, -0.2) is 24.2 Å². The van der Waals surface area contributed by atoms with Crippen LogP contribution in [-0.2, 0) is 0 Å². The van der Waals surface area contributed by atoms with Gasteiger partial charge in [-0.15, -0.1) is 0 Å². The number of ether oxygens (including phenoxy) is 1. The number of carbonyl (C=O) groups is 1. The first kappa shape index (κ1) is 18.3. The first-order chi connectivity index (χ1) is 13.7. The molecule has 1 aliphatic heterocycles. The summed E-state index contributed by atoms with van der Waals surface area (Å²) in [6, 6.07) is 20.2. The van der Waals surface area contributed by atoms with Gasteiger partial charge in [-0.05, 0) is 61.4 Å². The summed E-state index contributed by atoms with van der Waals surface area (Å²) in [6.07, 6.45) is 1.86. The average molecular weight is 394 g/mol. The van der Waals surface area contributed by atoms with Crippen molar-refractivity contribution in [2.24, 2.45) is 0 Å². The predicted molar refractivity (Wildman–Crippen MR) is 112 cm³/mol. The van der Waals surface area contributed by atoms with E-state index in [1.54, 1.807) is 24.3 Å². The molecule has 142 valence electrons. The van der Waals surface area contributed by atoms with Gasteiger partial charge in [-0.1, -0.05) is 29.8 Å². The number of hydrogen-bond acceptors (Lipinski definition) is 4. The van der Waals surface area contributed by atoms with Gasteiger partial charge < -0.3 is 9.64 Å². The smallest absolute Gasteiger partial charge is 0.410 e. The van der Waals surface area contributed by atoms with Crippen LogP contribution in [0.25, 0.3) is 11.3 Å². The molecule has 1 saturated heterocycles. The number of benzene rings is 2. The second-order valence-electron chi connectivity index (χ2n) is 6.62. The van der Waals surface area contributed by atoms with Crippen LogP contribution in [0.4, 0.5) is 16.3 Å². The standard InChI is InChI=1S/C22H20ClN3O2/c23-17-9-11-19(12-10-17)28-22(27)24-18-6-3-5-16(15-18)20-7-4-8-21(25-20)26-13-1-2-14-26/h3-12,15H,1-2,13-14H2,(H,24,27). The van der Waals surface area contributed by atoms with Crippen molar-refractivity contribution in [3.05, 3.63) is 71.8 Å². The minimum Gasteiger partial charge on any atom is -0.410 e. The molecule has 0 bridgehead atoms. The molecule has 1 amide bonds. The van der Waals surface area contributed by atoms with Gasteiger partial charge in [0, 0.05) is 29.4 Å². The zero-order chi connectivity index (χ0) is 19.3. The molecule has 0 aliphatic carbocycles. The molecule has 0 atom stereocenters. The molecule has 1 N–H and O–H groups in total. The number of amides is 1. The molecule has 2 aromatic carbocycles. The van der Waals surface area contributed by atoms with Gasteiger partial charge in [0.2, 0.25) is 0 Å². The molecular formula is C22H20ClN3O2. The molecule has 0 radical (unpaired) electrons. The maximum atomic E-state index is 12.2. The van der Waals surface area contributed by atoms with E-state index in [2.05, 4.69) is 10.2 Å². The average Bonchev–Trinajstić information content (AvgIpc) is 3.25. The van der Waals surface area contributed by atoms with E-state index in [9.17, 15) is 4.79 Å². The number of rotatable bonds is 4. The Morgan fingerprint density at radius 2 is 1.75 bits per heavy atom. The lowest BCUT2D eigenvalue weighted by atomic mass is 10.1. The molecule has 1 aliphatic rings. The van der Waals surface area contributed by atoms with Gasteiger partial charge in [0.05, 0.1) is 5.69 Å². The third kappa shape index (κ3) is 4.43. The van der Waals surface area contributed by atoms with Gasteiger partial charge in [-0.3, -0.25) is 5.32 Å². The van der Waals surface area contributed by atoms with Crippen LogP contribution < -0.4 is 15.0 Å². The van der Waals surface area contributed by atoms with Gasteiger partial charge in [0.15, 0.2) is 0 Å². The highest BCUT2D eigenvalue weighted by molar-refractivity contribution is 6.30. The second-order valence-corrected chi connectivity index (χ2v) is 7.06. The SMILES string of the molecule is O=C(Nc1cccc(-c2cccc(N3CCCC3)n2)c1)Oc1ccc(Cl)cc1. The van der Waals surface area contributed by atoms with E-state index in [1.165, 1.54) is 12.8 Å². The number of pyridine rings is 1. The summed E-state index contributed by atoms with van der Waals surface area (Å²) in [6.45, 7) is 2.10. The van der Waals surface area contributed by atoms with Crippen molar-refractivity contribution < 1.29 is 9.53 Å². The van der Waals surface area contributed by atoms with Crippen LogP contribution in [0.1, 0.15) is 12.8 Å². The van der Waals surface area contributed by atoms with Crippen molar-refractivity contribution in [1.29, 1.82) is 0 Å². The minimum absolute atomic E-state index is 0.429. The Morgan fingerprint density at radius 1 is 1.00 bits per heavy atom. The molecule has 6 heteroatoms. The maximum absolute atomic E-state index is 12.2. The number of nitrogens with one attached hydrogen (secondary N) is 1. The van der Waals surface area contributed by atoms with Crippen LogP contribution in [0, 0.1) is 0 Å². The second kappa shape index (κ2) is 8.31. The van der Waals surface area contributed by atoms with E-state index in [1.807, 2.05) is 42.5 Å². The summed E-state index contributed by atoms with van der Waals surface area (Å²) in [4.78, 5) is 19.2.